The molecule has 2 aromatic carbocycles. The topological polar surface area (TPSA) is 45.5 Å². The standard InChI is InChI=1S/C15H11BrN2OS/c1-9-2-3-10(13(19)6-9)8-17-15-18-12-5-4-11(16)7-14(12)20-15/h2-8,19H,1H3. The van der Waals surface area contributed by atoms with Crippen molar-refractivity contribution in [2.24, 2.45) is 4.99 Å². The number of phenols is 1. The second kappa shape index (κ2) is 5.34. The molecule has 0 saturated heterocycles. The third-order valence-electron chi connectivity index (χ3n) is 2.84. The molecule has 1 heterocycles. The molecule has 3 rings (SSSR count). The summed E-state index contributed by atoms with van der Waals surface area (Å²) in [5.74, 6) is 0.234. The van der Waals surface area contributed by atoms with E-state index in [4.69, 9.17) is 0 Å². The zero-order valence-electron chi connectivity index (χ0n) is 10.7. The minimum Gasteiger partial charge on any atom is -0.507 e. The molecule has 0 aliphatic heterocycles. The van der Waals surface area contributed by atoms with Crippen molar-refractivity contribution in [2.45, 2.75) is 6.92 Å². The summed E-state index contributed by atoms with van der Waals surface area (Å²) in [7, 11) is 0. The van der Waals surface area contributed by atoms with Crippen molar-refractivity contribution in [3.63, 3.8) is 0 Å². The Morgan fingerprint density at radius 2 is 2.10 bits per heavy atom. The summed E-state index contributed by atoms with van der Waals surface area (Å²) in [6, 6.07) is 11.4. The van der Waals surface area contributed by atoms with E-state index in [9.17, 15) is 5.11 Å². The lowest BCUT2D eigenvalue weighted by atomic mass is 10.1. The van der Waals surface area contributed by atoms with Crippen molar-refractivity contribution in [2.75, 3.05) is 0 Å². The second-order valence-corrected chi connectivity index (χ2v) is 6.35. The molecule has 0 unspecified atom stereocenters. The quantitative estimate of drug-likeness (QED) is 0.676. The van der Waals surface area contributed by atoms with Gasteiger partial charge in [-0.1, -0.05) is 33.3 Å². The summed E-state index contributed by atoms with van der Waals surface area (Å²) in [4.78, 5) is 8.78. The number of fused-ring (bicyclic) bond motifs is 1. The molecule has 20 heavy (non-hydrogen) atoms. The van der Waals surface area contributed by atoms with E-state index in [1.165, 1.54) is 11.3 Å². The molecule has 0 amide bonds. The average Bonchev–Trinajstić information content (AvgIpc) is 2.79. The van der Waals surface area contributed by atoms with Crippen LogP contribution in [0, 0.1) is 6.92 Å². The minimum atomic E-state index is 0.234. The Labute approximate surface area is 128 Å². The van der Waals surface area contributed by atoms with Gasteiger partial charge < -0.3 is 5.11 Å². The van der Waals surface area contributed by atoms with Crippen molar-refractivity contribution >= 4 is 48.8 Å². The molecule has 3 aromatic rings. The van der Waals surface area contributed by atoms with E-state index in [1.54, 1.807) is 12.3 Å². The molecule has 0 aliphatic rings. The zero-order chi connectivity index (χ0) is 14.1. The number of aryl methyl sites for hydroxylation is 1. The van der Waals surface area contributed by atoms with Crippen molar-refractivity contribution < 1.29 is 5.11 Å². The summed E-state index contributed by atoms with van der Waals surface area (Å²) in [6.45, 7) is 1.94. The first-order valence-corrected chi connectivity index (χ1v) is 7.62. The summed E-state index contributed by atoms with van der Waals surface area (Å²) < 4.78 is 2.11. The number of rotatable bonds is 2. The zero-order valence-corrected chi connectivity index (χ0v) is 13.1. The molecular weight excluding hydrogens is 336 g/mol. The van der Waals surface area contributed by atoms with Crippen LogP contribution in [0.25, 0.3) is 10.2 Å². The molecule has 0 bridgehead atoms. The number of hydrogen-bond donors (Lipinski definition) is 1. The number of aromatic nitrogens is 1. The van der Waals surface area contributed by atoms with Gasteiger partial charge in [0.2, 0.25) is 5.13 Å². The third-order valence-corrected chi connectivity index (χ3v) is 4.26. The number of hydrogen-bond acceptors (Lipinski definition) is 4. The van der Waals surface area contributed by atoms with Gasteiger partial charge in [0.15, 0.2) is 0 Å². The van der Waals surface area contributed by atoms with Gasteiger partial charge in [0.1, 0.15) is 5.75 Å². The summed E-state index contributed by atoms with van der Waals surface area (Å²) in [5, 5.41) is 10.5. The van der Waals surface area contributed by atoms with Gasteiger partial charge in [0.05, 0.1) is 10.2 Å². The van der Waals surface area contributed by atoms with Gasteiger partial charge in [0, 0.05) is 16.3 Å². The molecule has 1 aromatic heterocycles. The maximum Gasteiger partial charge on any atom is 0.210 e. The molecule has 0 fully saturated rings. The van der Waals surface area contributed by atoms with E-state index in [0.717, 1.165) is 20.3 Å². The van der Waals surface area contributed by atoms with Crippen LogP contribution in [0.2, 0.25) is 0 Å². The lowest BCUT2D eigenvalue weighted by molar-refractivity contribution is 0.474. The lowest BCUT2D eigenvalue weighted by Crippen LogP contribution is -1.82. The fourth-order valence-electron chi connectivity index (χ4n) is 1.83. The minimum absolute atomic E-state index is 0.234. The van der Waals surface area contributed by atoms with Gasteiger partial charge >= 0.3 is 0 Å². The van der Waals surface area contributed by atoms with Crippen LogP contribution in [-0.4, -0.2) is 16.3 Å². The molecule has 0 atom stereocenters. The van der Waals surface area contributed by atoms with Gasteiger partial charge in [-0.2, -0.15) is 0 Å². The van der Waals surface area contributed by atoms with E-state index in [0.29, 0.717) is 10.7 Å². The molecule has 100 valence electrons. The fourth-order valence-corrected chi connectivity index (χ4v) is 3.19. The van der Waals surface area contributed by atoms with Gasteiger partial charge in [-0.3, -0.25) is 0 Å². The number of phenolic OH excluding ortho intramolecular Hbond substituents is 1. The molecule has 5 heteroatoms. The highest BCUT2D eigenvalue weighted by Crippen LogP contribution is 2.30. The molecular formula is C15H11BrN2OS. The van der Waals surface area contributed by atoms with Crippen LogP contribution in [0.3, 0.4) is 0 Å². The van der Waals surface area contributed by atoms with E-state index < -0.39 is 0 Å². The van der Waals surface area contributed by atoms with E-state index in [-0.39, 0.29) is 5.75 Å². The average molecular weight is 347 g/mol. The maximum atomic E-state index is 9.83. The Hall–Kier alpha value is -1.72. The largest absolute Gasteiger partial charge is 0.507 e. The summed E-state index contributed by atoms with van der Waals surface area (Å²) in [6.07, 6.45) is 1.64. The summed E-state index contributed by atoms with van der Waals surface area (Å²) >= 11 is 4.96. The highest BCUT2D eigenvalue weighted by atomic mass is 79.9. The van der Waals surface area contributed by atoms with Crippen molar-refractivity contribution in [1.29, 1.82) is 0 Å². The maximum absolute atomic E-state index is 9.83. The number of nitrogens with zero attached hydrogens (tertiary/aromatic N) is 2. The van der Waals surface area contributed by atoms with Crippen LogP contribution in [-0.2, 0) is 0 Å². The third kappa shape index (κ3) is 2.73. The first-order chi connectivity index (χ1) is 9.61. The highest BCUT2D eigenvalue weighted by molar-refractivity contribution is 9.10. The van der Waals surface area contributed by atoms with E-state index in [2.05, 4.69) is 25.9 Å². The molecule has 0 aliphatic carbocycles. The molecule has 3 nitrogen and oxygen atoms in total. The number of aromatic hydroxyl groups is 1. The normalized spacial score (nSPS) is 11.5. The van der Waals surface area contributed by atoms with Gasteiger partial charge in [-0.15, -0.1) is 0 Å². The smallest absolute Gasteiger partial charge is 0.210 e. The van der Waals surface area contributed by atoms with Crippen LogP contribution in [0.1, 0.15) is 11.1 Å². The number of halogens is 1. The van der Waals surface area contributed by atoms with Crippen molar-refractivity contribution in [1.82, 2.24) is 4.98 Å². The van der Waals surface area contributed by atoms with Gasteiger partial charge in [-0.05, 0) is 42.8 Å². The van der Waals surface area contributed by atoms with Crippen LogP contribution in [0.15, 0.2) is 45.9 Å². The van der Waals surface area contributed by atoms with Gasteiger partial charge in [0.25, 0.3) is 0 Å². The van der Waals surface area contributed by atoms with Crippen molar-refractivity contribution in [3.05, 3.63) is 52.0 Å². The predicted molar refractivity (Wildman–Crippen MR) is 87.4 cm³/mol. The van der Waals surface area contributed by atoms with Crippen LogP contribution >= 0.6 is 27.3 Å². The Balaban J connectivity index is 1.94. The highest BCUT2D eigenvalue weighted by Gasteiger charge is 2.03. The van der Waals surface area contributed by atoms with Crippen molar-refractivity contribution in [3.8, 4) is 5.75 Å². The Morgan fingerprint density at radius 1 is 1.25 bits per heavy atom. The Bertz CT molecular complexity index is 811. The van der Waals surface area contributed by atoms with E-state index >= 15 is 0 Å². The first kappa shape index (κ1) is 13.3. The number of benzene rings is 2. The monoisotopic (exact) mass is 346 g/mol. The number of thiazole rings is 1. The fraction of sp³-hybridized carbons (Fsp3) is 0.0667. The van der Waals surface area contributed by atoms with Crippen LogP contribution in [0.4, 0.5) is 5.13 Å². The molecule has 0 radical (unpaired) electrons. The second-order valence-electron chi connectivity index (χ2n) is 4.43. The summed E-state index contributed by atoms with van der Waals surface area (Å²) in [5.41, 5.74) is 2.64. The van der Waals surface area contributed by atoms with Crippen LogP contribution in [0.5, 0.6) is 5.75 Å². The Kier molecular flexibility index (Phi) is 3.54. The SMILES string of the molecule is Cc1ccc(C=Nc2nc3ccc(Br)cc3s2)c(O)c1. The van der Waals surface area contributed by atoms with E-state index in [1.807, 2.05) is 37.3 Å². The Morgan fingerprint density at radius 3 is 2.90 bits per heavy atom. The predicted octanol–water partition coefficient (Wildman–Crippen LogP) is 4.82. The van der Waals surface area contributed by atoms with Crippen LogP contribution < -0.4 is 0 Å². The molecule has 1 N–H and O–H groups in total. The lowest BCUT2D eigenvalue weighted by Gasteiger charge is -1.98. The molecule has 0 spiro atoms. The van der Waals surface area contributed by atoms with Gasteiger partial charge in [-0.25, -0.2) is 9.98 Å². The first-order valence-electron chi connectivity index (χ1n) is 6.01. The molecule has 0 saturated carbocycles. The number of aliphatic imine (C=N–C) groups is 1.